The maximum Gasteiger partial charge on any atom is 0.315 e. The van der Waals surface area contributed by atoms with Gasteiger partial charge < -0.3 is 21.1 Å². The number of carbonyl (C=O) groups excluding carboxylic acids is 2. The zero-order chi connectivity index (χ0) is 18.6. The number of amides is 3. The standard InChI is InChI=1S/C19H31N3O4/c23-16(20-5-2-1-3-17(24)25)4-6-21-18(26)22-19-10-13-7-14(11-19)9-15(8-13)12-19/h13-15H,1-12H2,(H,20,23)(H,24,25)(H2,21,22,26). The van der Waals surface area contributed by atoms with E-state index in [0.717, 1.165) is 37.0 Å². The molecule has 0 radical (unpaired) electrons. The van der Waals surface area contributed by atoms with Gasteiger partial charge in [-0.3, -0.25) is 9.59 Å². The van der Waals surface area contributed by atoms with Crippen molar-refractivity contribution in [2.24, 2.45) is 17.8 Å². The van der Waals surface area contributed by atoms with Gasteiger partial charge in [0, 0.05) is 31.5 Å². The number of hydrogen-bond donors (Lipinski definition) is 4. The van der Waals surface area contributed by atoms with Crippen LogP contribution in [0.1, 0.15) is 64.2 Å². The number of aliphatic carboxylic acids is 1. The summed E-state index contributed by atoms with van der Waals surface area (Å²) >= 11 is 0. The van der Waals surface area contributed by atoms with Crippen LogP contribution < -0.4 is 16.0 Å². The Morgan fingerprint density at radius 2 is 1.46 bits per heavy atom. The predicted octanol–water partition coefficient (Wildman–Crippen LogP) is 2.02. The fourth-order valence-corrected chi connectivity index (χ4v) is 5.56. The van der Waals surface area contributed by atoms with E-state index in [-0.39, 0.29) is 30.3 Å². The van der Waals surface area contributed by atoms with Crippen molar-refractivity contribution in [1.29, 1.82) is 0 Å². The molecule has 4 aliphatic carbocycles. The Balaban J connectivity index is 1.29. The van der Waals surface area contributed by atoms with E-state index in [1.54, 1.807) is 0 Å². The summed E-state index contributed by atoms with van der Waals surface area (Å²) in [6.07, 6.45) is 8.95. The Labute approximate surface area is 154 Å². The number of urea groups is 1. The van der Waals surface area contributed by atoms with Gasteiger partial charge >= 0.3 is 12.0 Å². The molecule has 4 bridgehead atoms. The van der Waals surface area contributed by atoms with Crippen LogP contribution >= 0.6 is 0 Å². The van der Waals surface area contributed by atoms with Crippen molar-refractivity contribution < 1.29 is 19.5 Å². The van der Waals surface area contributed by atoms with E-state index in [1.165, 1.54) is 19.3 Å². The Morgan fingerprint density at radius 3 is 2.04 bits per heavy atom. The molecular formula is C19H31N3O4. The lowest BCUT2D eigenvalue weighted by atomic mass is 9.53. The first-order valence-corrected chi connectivity index (χ1v) is 9.99. The molecule has 4 rings (SSSR count). The van der Waals surface area contributed by atoms with Gasteiger partial charge in [0.1, 0.15) is 0 Å². The maximum absolute atomic E-state index is 12.3. The van der Waals surface area contributed by atoms with Crippen molar-refractivity contribution in [3.8, 4) is 0 Å². The number of carboxylic acids is 1. The summed E-state index contributed by atoms with van der Waals surface area (Å²) in [7, 11) is 0. The number of carboxylic acid groups (broad SMARTS) is 1. The van der Waals surface area contributed by atoms with E-state index in [4.69, 9.17) is 5.11 Å². The van der Waals surface area contributed by atoms with E-state index in [0.29, 0.717) is 25.9 Å². The first-order chi connectivity index (χ1) is 12.4. The van der Waals surface area contributed by atoms with Gasteiger partial charge in [0.05, 0.1) is 0 Å². The van der Waals surface area contributed by atoms with Crippen LogP contribution in [0, 0.1) is 17.8 Å². The van der Waals surface area contributed by atoms with Gasteiger partial charge in [0.2, 0.25) is 5.91 Å². The molecule has 0 aromatic carbocycles. The van der Waals surface area contributed by atoms with Gasteiger partial charge in [0.15, 0.2) is 0 Å². The molecule has 0 atom stereocenters. The molecule has 0 heterocycles. The molecule has 4 saturated carbocycles. The molecule has 4 fully saturated rings. The topological polar surface area (TPSA) is 108 Å². The molecule has 7 nitrogen and oxygen atoms in total. The van der Waals surface area contributed by atoms with Crippen molar-refractivity contribution in [2.45, 2.75) is 69.7 Å². The molecular weight excluding hydrogens is 334 g/mol. The number of carbonyl (C=O) groups is 3. The summed E-state index contributed by atoms with van der Waals surface area (Å²) in [5.41, 5.74) is -0.00870. The molecule has 4 N–H and O–H groups in total. The van der Waals surface area contributed by atoms with Gasteiger partial charge in [-0.25, -0.2) is 4.79 Å². The zero-order valence-corrected chi connectivity index (χ0v) is 15.4. The number of hydrogen-bond acceptors (Lipinski definition) is 3. The zero-order valence-electron chi connectivity index (χ0n) is 15.4. The second-order valence-corrected chi connectivity index (χ2v) is 8.53. The largest absolute Gasteiger partial charge is 0.481 e. The van der Waals surface area contributed by atoms with Gasteiger partial charge in [0.25, 0.3) is 0 Å². The highest BCUT2D eigenvalue weighted by Gasteiger charge is 2.51. The average molecular weight is 365 g/mol. The van der Waals surface area contributed by atoms with Gasteiger partial charge in [-0.1, -0.05) is 0 Å². The Morgan fingerprint density at radius 1 is 0.846 bits per heavy atom. The molecule has 3 amide bonds. The normalized spacial score (nSPS) is 31.5. The molecule has 26 heavy (non-hydrogen) atoms. The van der Waals surface area contributed by atoms with E-state index < -0.39 is 5.97 Å². The van der Waals surface area contributed by atoms with Crippen LogP contribution in [0.3, 0.4) is 0 Å². The van der Waals surface area contributed by atoms with Crippen molar-refractivity contribution in [3.63, 3.8) is 0 Å². The molecule has 0 saturated heterocycles. The quantitative estimate of drug-likeness (QED) is 0.469. The van der Waals surface area contributed by atoms with Crippen LogP contribution in [0.5, 0.6) is 0 Å². The van der Waals surface area contributed by atoms with Gasteiger partial charge in [-0.15, -0.1) is 0 Å². The van der Waals surface area contributed by atoms with E-state index in [1.807, 2.05) is 0 Å². The van der Waals surface area contributed by atoms with Crippen LogP contribution in [0.15, 0.2) is 0 Å². The third kappa shape index (κ3) is 5.11. The molecule has 0 aromatic heterocycles. The highest BCUT2D eigenvalue weighted by molar-refractivity contribution is 5.78. The average Bonchev–Trinajstić information content (AvgIpc) is 2.52. The minimum atomic E-state index is -0.814. The highest BCUT2D eigenvalue weighted by Crippen LogP contribution is 2.55. The second kappa shape index (κ2) is 8.27. The van der Waals surface area contributed by atoms with Gasteiger partial charge in [-0.2, -0.15) is 0 Å². The van der Waals surface area contributed by atoms with Crippen LogP contribution in [-0.2, 0) is 9.59 Å². The Kier molecular flexibility index (Phi) is 6.04. The molecule has 146 valence electrons. The minimum absolute atomic E-state index is 0.00870. The summed E-state index contributed by atoms with van der Waals surface area (Å²) in [6.45, 7) is 0.796. The van der Waals surface area contributed by atoms with Crippen molar-refractivity contribution in [2.75, 3.05) is 13.1 Å². The molecule has 7 heteroatoms. The number of nitrogens with one attached hydrogen (secondary N) is 3. The fourth-order valence-electron chi connectivity index (χ4n) is 5.56. The molecule has 4 aliphatic rings. The van der Waals surface area contributed by atoms with Crippen LogP contribution in [-0.4, -0.2) is 41.6 Å². The van der Waals surface area contributed by atoms with Crippen molar-refractivity contribution in [1.82, 2.24) is 16.0 Å². The summed E-state index contributed by atoms with van der Waals surface area (Å²) in [5.74, 6) is 1.43. The highest BCUT2D eigenvalue weighted by atomic mass is 16.4. The smallest absolute Gasteiger partial charge is 0.315 e. The Hall–Kier alpha value is -1.79. The minimum Gasteiger partial charge on any atom is -0.481 e. The predicted molar refractivity (Wildman–Crippen MR) is 96.6 cm³/mol. The second-order valence-electron chi connectivity index (χ2n) is 8.53. The third-order valence-corrected chi connectivity index (χ3v) is 6.19. The fraction of sp³-hybridized carbons (Fsp3) is 0.842. The SMILES string of the molecule is O=C(O)CCCCNC(=O)CCNC(=O)NC12CC3CC(CC(C3)C1)C2. The Bertz CT molecular complexity index is 514. The molecule has 0 aliphatic heterocycles. The first kappa shape index (κ1) is 19.0. The summed E-state index contributed by atoms with van der Waals surface area (Å²) < 4.78 is 0. The first-order valence-electron chi connectivity index (χ1n) is 9.99. The molecule has 0 spiro atoms. The van der Waals surface area contributed by atoms with Crippen molar-refractivity contribution in [3.05, 3.63) is 0 Å². The molecule has 0 unspecified atom stereocenters. The van der Waals surface area contributed by atoms with Crippen LogP contribution in [0.2, 0.25) is 0 Å². The van der Waals surface area contributed by atoms with E-state index in [2.05, 4.69) is 16.0 Å². The molecule has 0 aromatic rings. The summed E-state index contributed by atoms with van der Waals surface area (Å²) in [4.78, 5) is 34.4. The number of unbranched alkanes of at least 4 members (excludes halogenated alkanes) is 1. The van der Waals surface area contributed by atoms with Gasteiger partial charge in [-0.05, 0) is 69.1 Å². The summed E-state index contributed by atoms with van der Waals surface area (Å²) in [5, 5.41) is 17.3. The monoisotopic (exact) mass is 365 g/mol. The van der Waals surface area contributed by atoms with Crippen molar-refractivity contribution >= 4 is 17.9 Å². The van der Waals surface area contributed by atoms with Crippen LogP contribution in [0.25, 0.3) is 0 Å². The lowest BCUT2D eigenvalue weighted by Gasteiger charge is -2.56. The summed E-state index contributed by atoms with van der Waals surface area (Å²) in [6, 6.07) is -0.152. The van der Waals surface area contributed by atoms with E-state index >= 15 is 0 Å². The number of rotatable bonds is 9. The lowest BCUT2D eigenvalue weighted by Crippen LogP contribution is -2.61. The van der Waals surface area contributed by atoms with E-state index in [9.17, 15) is 14.4 Å². The van der Waals surface area contributed by atoms with Crippen LogP contribution in [0.4, 0.5) is 4.79 Å². The third-order valence-electron chi connectivity index (χ3n) is 6.19. The lowest BCUT2D eigenvalue weighted by molar-refractivity contribution is -0.137. The maximum atomic E-state index is 12.3.